The molecule has 110 valence electrons. The summed E-state index contributed by atoms with van der Waals surface area (Å²) in [5, 5.41) is 12.7. The van der Waals surface area contributed by atoms with Crippen molar-refractivity contribution in [2.24, 2.45) is 0 Å². The lowest BCUT2D eigenvalue weighted by Crippen LogP contribution is -2.14. The van der Waals surface area contributed by atoms with E-state index in [1.165, 1.54) is 6.08 Å². The molecule has 6 heteroatoms. The second-order valence-electron chi connectivity index (χ2n) is 4.24. The van der Waals surface area contributed by atoms with Gasteiger partial charge in [-0.25, -0.2) is 0 Å². The van der Waals surface area contributed by atoms with Crippen LogP contribution in [0.15, 0.2) is 48.0 Å². The monoisotopic (exact) mass is 442 g/mol. The van der Waals surface area contributed by atoms with Crippen LogP contribution in [0.4, 0.5) is 5.69 Å². The minimum atomic E-state index is -0.511. The first-order chi connectivity index (χ1) is 10.5. The van der Waals surface area contributed by atoms with E-state index in [1.807, 2.05) is 18.2 Å². The highest BCUT2D eigenvalue weighted by atomic mass is 127. The number of anilines is 1. The molecular formula is C16H9Cl2IN2O. The molecule has 3 nitrogen and oxygen atoms in total. The highest BCUT2D eigenvalue weighted by Gasteiger charge is 2.13. The van der Waals surface area contributed by atoms with Gasteiger partial charge in [0.15, 0.2) is 0 Å². The van der Waals surface area contributed by atoms with Crippen molar-refractivity contribution in [3.05, 3.63) is 67.2 Å². The number of rotatable bonds is 3. The average molecular weight is 443 g/mol. The van der Waals surface area contributed by atoms with Crippen LogP contribution in [0.2, 0.25) is 10.0 Å². The van der Waals surface area contributed by atoms with Crippen LogP contribution in [0.25, 0.3) is 6.08 Å². The molecule has 0 aliphatic heterocycles. The van der Waals surface area contributed by atoms with Gasteiger partial charge in [0.25, 0.3) is 5.91 Å². The fourth-order valence-electron chi connectivity index (χ4n) is 1.69. The van der Waals surface area contributed by atoms with Gasteiger partial charge in [-0.3, -0.25) is 4.79 Å². The maximum atomic E-state index is 12.2. The number of nitriles is 1. The van der Waals surface area contributed by atoms with Crippen LogP contribution < -0.4 is 5.32 Å². The Morgan fingerprint density at radius 2 is 1.77 bits per heavy atom. The standard InChI is InChI=1S/C16H9Cl2IN2O/c17-12-4-3-5-13(18)11(12)8-10(9-20)16(22)21-15-7-2-1-6-14(15)19/h1-8H,(H,21,22)/b10-8-. The first-order valence-corrected chi connectivity index (χ1v) is 7.98. The minimum Gasteiger partial charge on any atom is -0.320 e. The van der Waals surface area contributed by atoms with E-state index in [0.29, 0.717) is 21.3 Å². The lowest BCUT2D eigenvalue weighted by molar-refractivity contribution is -0.112. The van der Waals surface area contributed by atoms with Crippen LogP contribution in [0.1, 0.15) is 5.56 Å². The highest BCUT2D eigenvalue weighted by Crippen LogP contribution is 2.27. The van der Waals surface area contributed by atoms with E-state index in [1.54, 1.807) is 30.3 Å². The van der Waals surface area contributed by atoms with Crippen molar-refractivity contribution in [3.8, 4) is 6.07 Å². The largest absolute Gasteiger partial charge is 0.320 e. The number of para-hydroxylation sites is 1. The zero-order valence-corrected chi connectivity index (χ0v) is 14.8. The molecule has 0 radical (unpaired) electrons. The van der Waals surface area contributed by atoms with Crippen molar-refractivity contribution in [2.75, 3.05) is 5.32 Å². The molecule has 0 aliphatic rings. The zero-order valence-electron chi connectivity index (χ0n) is 11.1. The lowest BCUT2D eigenvalue weighted by atomic mass is 10.1. The van der Waals surface area contributed by atoms with E-state index in [2.05, 4.69) is 27.9 Å². The molecule has 22 heavy (non-hydrogen) atoms. The molecule has 0 atom stereocenters. The molecular weight excluding hydrogens is 434 g/mol. The van der Waals surface area contributed by atoms with Gasteiger partial charge >= 0.3 is 0 Å². The Labute approximate surface area is 151 Å². The maximum Gasteiger partial charge on any atom is 0.266 e. The number of carbonyl (C=O) groups excluding carboxylic acids is 1. The molecule has 0 unspecified atom stereocenters. The first-order valence-electron chi connectivity index (χ1n) is 6.14. The molecule has 0 spiro atoms. The topological polar surface area (TPSA) is 52.9 Å². The Balaban J connectivity index is 2.33. The molecule has 2 aromatic rings. The summed E-state index contributed by atoms with van der Waals surface area (Å²) in [6, 6.07) is 14.1. The summed E-state index contributed by atoms with van der Waals surface area (Å²) in [5.41, 5.74) is 1.01. The van der Waals surface area contributed by atoms with Gasteiger partial charge in [-0.2, -0.15) is 5.26 Å². The van der Waals surface area contributed by atoms with Gasteiger partial charge in [-0.1, -0.05) is 41.4 Å². The van der Waals surface area contributed by atoms with Gasteiger partial charge in [0.1, 0.15) is 11.6 Å². The van der Waals surface area contributed by atoms with E-state index in [-0.39, 0.29) is 5.57 Å². The van der Waals surface area contributed by atoms with Gasteiger partial charge in [0.05, 0.1) is 5.69 Å². The number of benzene rings is 2. The Hall–Kier alpha value is -1.55. The van der Waals surface area contributed by atoms with E-state index in [0.717, 1.165) is 3.57 Å². The zero-order chi connectivity index (χ0) is 16.1. The van der Waals surface area contributed by atoms with Crippen LogP contribution in [0.3, 0.4) is 0 Å². The average Bonchev–Trinajstić information content (AvgIpc) is 2.49. The molecule has 0 saturated carbocycles. The van der Waals surface area contributed by atoms with Gasteiger partial charge in [-0.05, 0) is 52.9 Å². The van der Waals surface area contributed by atoms with Crippen molar-refractivity contribution in [2.45, 2.75) is 0 Å². The van der Waals surface area contributed by atoms with Crippen molar-refractivity contribution < 1.29 is 4.79 Å². The molecule has 0 saturated heterocycles. The molecule has 0 aromatic heterocycles. The summed E-state index contributed by atoms with van der Waals surface area (Å²) in [6.07, 6.45) is 1.38. The summed E-state index contributed by atoms with van der Waals surface area (Å²) in [6.45, 7) is 0. The Morgan fingerprint density at radius 1 is 1.14 bits per heavy atom. The minimum absolute atomic E-state index is 0.0744. The highest BCUT2D eigenvalue weighted by molar-refractivity contribution is 14.1. The number of nitrogens with one attached hydrogen (secondary N) is 1. The summed E-state index contributed by atoms with van der Waals surface area (Å²) in [4.78, 5) is 12.2. The van der Waals surface area contributed by atoms with Crippen molar-refractivity contribution in [1.29, 1.82) is 5.26 Å². The molecule has 0 bridgehead atoms. The number of halogens is 3. The molecule has 1 N–H and O–H groups in total. The number of carbonyl (C=O) groups is 1. The number of hydrogen-bond acceptors (Lipinski definition) is 2. The lowest BCUT2D eigenvalue weighted by Gasteiger charge is -2.07. The Bertz CT molecular complexity index is 777. The molecule has 0 fully saturated rings. The van der Waals surface area contributed by atoms with Crippen LogP contribution >= 0.6 is 45.8 Å². The predicted molar refractivity (Wildman–Crippen MR) is 97.8 cm³/mol. The molecule has 0 aliphatic carbocycles. The van der Waals surface area contributed by atoms with Gasteiger partial charge < -0.3 is 5.32 Å². The second kappa shape index (κ2) is 7.63. The third-order valence-corrected chi connectivity index (χ3v) is 4.38. The van der Waals surface area contributed by atoms with E-state index in [9.17, 15) is 10.1 Å². The molecule has 2 aromatic carbocycles. The third-order valence-electron chi connectivity index (χ3n) is 2.78. The fourth-order valence-corrected chi connectivity index (χ4v) is 2.72. The quantitative estimate of drug-likeness (QED) is 0.406. The Kier molecular flexibility index (Phi) is 5.83. The van der Waals surface area contributed by atoms with Gasteiger partial charge in [0, 0.05) is 19.2 Å². The van der Waals surface area contributed by atoms with E-state index in [4.69, 9.17) is 23.2 Å². The van der Waals surface area contributed by atoms with Crippen molar-refractivity contribution >= 4 is 63.5 Å². The van der Waals surface area contributed by atoms with Crippen LogP contribution in [-0.2, 0) is 4.79 Å². The fraction of sp³-hybridized carbons (Fsp3) is 0. The smallest absolute Gasteiger partial charge is 0.266 e. The summed E-state index contributed by atoms with van der Waals surface area (Å²) >= 11 is 14.2. The maximum absolute atomic E-state index is 12.2. The van der Waals surface area contributed by atoms with Crippen molar-refractivity contribution in [3.63, 3.8) is 0 Å². The summed E-state index contributed by atoms with van der Waals surface area (Å²) in [7, 11) is 0. The van der Waals surface area contributed by atoms with Crippen LogP contribution in [0, 0.1) is 14.9 Å². The molecule has 0 heterocycles. The normalized spacial score (nSPS) is 10.9. The summed E-state index contributed by atoms with van der Waals surface area (Å²) in [5.74, 6) is -0.511. The molecule has 2 rings (SSSR count). The van der Waals surface area contributed by atoms with Crippen LogP contribution in [-0.4, -0.2) is 5.91 Å². The van der Waals surface area contributed by atoms with Gasteiger partial charge in [0.2, 0.25) is 0 Å². The third kappa shape index (κ3) is 4.01. The second-order valence-corrected chi connectivity index (χ2v) is 6.22. The Morgan fingerprint density at radius 3 is 2.36 bits per heavy atom. The van der Waals surface area contributed by atoms with E-state index < -0.39 is 5.91 Å². The van der Waals surface area contributed by atoms with E-state index >= 15 is 0 Å². The van der Waals surface area contributed by atoms with Crippen molar-refractivity contribution in [1.82, 2.24) is 0 Å². The van der Waals surface area contributed by atoms with Gasteiger partial charge in [-0.15, -0.1) is 0 Å². The SMILES string of the molecule is N#C/C(=C/c1c(Cl)cccc1Cl)C(=O)Nc1ccccc1I. The first kappa shape index (κ1) is 16.8. The number of amides is 1. The number of hydrogen-bond donors (Lipinski definition) is 1. The summed E-state index contributed by atoms with van der Waals surface area (Å²) < 4.78 is 0.876. The predicted octanol–water partition coefficient (Wildman–Crippen LogP) is 5.14. The molecule has 1 amide bonds. The number of nitrogens with zero attached hydrogens (tertiary/aromatic N) is 1. The van der Waals surface area contributed by atoms with Crippen LogP contribution in [0.5, 0.6) is 0 Å².